The van der Waals surface area contributed by atoms with Gasteiger partial charge in [0.2, 0.25) is 5.78 Å². The molecule has 3 saturated heterocycles. The number of hydrogen-bond donors (Lipinski definition) is 2. The molecule has 7 heteroatoms. The van der Waals surface area contributed by atoms with Crippen LogP contribution < -0.4 is 5.32 Å². The molecule has 254 valence electrons. The van der Waals surface area contributed by atoms with Gasteiger partial charge in [0.15, 0.2) is 5.76 Å². The standard InChI is InChI=1S/C40H55N3O4/c1-24-28-10-11-31-38(4,29(28)22-30(44)33(24)45)15-17-40(6)32-23-37(3,14-12-36(32,2)13-16-39(31,40)5)41-34(46)35(47)43-25-8-9-26(43)21-27(20-25)42-18-7-19-42/h10-11,22,25-27,32,45H,7-9,12-21,23H2,1-6H3,(H,41,46)/t25?,26?,27?,32?,36-,37-,38+,39-,40+/m1/s1. The lowest BCUT2D eigenvalue weighted by Crippen LogP contribution is -2.65. The molecule has 0 aromatic rings. The highest BCUT2D eigenvalue weighted by Crippen LogP contribution is 2.75. The van der Waals surface area contributed by atoms with E-state index in [0.717, 1.165) is 81.8 Å². The number of piperidine rings is 1. The summed E-state index contributed by atoms with van der Waals surface area (Å²) in [5, 5.41) is 13.8. The van der Waals surface area contributed by atoms with Crippen molar-refractivity contribution in [2.75, 3.05) is 13.1 Å². The minimum atomic E-state index is -0.431. The van der Waals surface area contributed by atoms with Gasteiger partial charge in [-0.25, -0.2) is 0 Å². The largest absolute Gasteiger partial charge is 0.504 e. The second-order valence-electron chi connectivity index (χ2n) is 18.2. The van der Waals surface area contributed by atoms with Crippen molar-refractivity contribution >= 4 is 17.6 Å². The molecule has 5 aliphatic carbocycles. The van der Waals surface area contributed by atoms with Crippen LogP contribution >= 0.6 is 0 Å². The summed E-state index contributed by atoms with van der Waals surface area (Å²) in [6, 6.07) is 0.973. The molecule has 0 spiro atoms. The number of aliphatic hydroxyl groups excluding tert-OH is 1. The number of aliphatic hydroxyl groups is 1. The van der Waals surface area contributed by atoms with E-state index in [0.29, 0.717) is 17.5 Å². The van der Waals surface area contributed by atoms with E-state index in [4.69, 9.17) is 0 Å². The van der Waals surface area contributed by atoms with Crippen LogP contribution in [0.15, 0.2) is 46.3 Å². The van der Waals surface area contributed by atoms with E-state index in [9.17, 15) is 19.5 Å². The van der Waals surface area contributed by atoms with Gasteiger partial charge in [0.1, 0.15) is 0 Å². The highest BCUT2D eigenvalue weighted by molar-refractivity contribution is 6.35. The van der Waals surface area contributed by atoms with Gasteiger partial charge in [-0.1, -0.05) is 45.4 Å². The van der Waals surface area contributed by atoms with E-state index in [1.807, 2.05) is 11.8 Å². The minimum absolute atomic E-state index is 0.00277. The Labute approximate surface area is 281 Å². The molecule has 2 amide bonds. The van der Waals surface area contributed by atoms with E-state index in [-0.39, 0.29) is 51.2 Å². The lowest BCUT2D eigenvalue weighted by molar-refractivity contribution is -0.160. The van der Waals surface area contributed by atoms with Crippen molar-refractivity contribution in [2.45, 2.75) is 142 Å². The van der Waals surface area contributed by atoms with Crippen molar-refractivity contribution < 1.29 is 19.5 Å². The Morgan fingerprint density at radius 2 is 1.57 bits per heavy atom. The van der Waals surface area contributed by atoms with Gasteiger partial charge in [-0.05, 0) is 143 Å². The van der Waals surface area contributed by atoms with Crippen molar-refractivity contribution in [1.29, 1.82) is 0 Å². The second-order valence-corrected chi connectivity index (χ2v) is 18.2. The highest BCUT2D eigenvalue weighted by Gasteiger charge is 2.67. The average molecular weight is 642 g/mol. The quantitative estimate of drug-likeness (QED) is 0.327. The molecule has 0 radical (unpaired) electrons. The van der Waals surface area contributed by atoms with Crippen LogP contribution in [-0.4, -0.2) is 69.3 Å². The summed E-state index contributed by atoms with van der Waals surface area (Å²) < 4.78 is 0. The predicted octanol–water partition coefficient (Wildman–Crippen LogP) is 6.71. The molecule has 8 rings (SSSR count). The van der Waals surface area contributed by atoms with Crippen molar-refractivity contribution in [3.05, 3.63) is 46.3 Å². The van der Waals surface area contributed by atoms with Crippen LogP contribution in [0.4, 0.5) is 0 Å². The number of fused-ring (bicyclic) bond motifs is 9. The number of rotatable bonds is 2. The summed E-state index contributed by atoms with van der Waals surface area (Å²) in [6.07, 6.45) is 18.5. The van der Waals surface area contributed by atoms with Gasteiger partial charge in [0, 0.05) is 34.7 Å². The van der Waals surface area contributed by atoms with Gasteiger partial charge in [-0.15, -0.1) is 0 Å². The Morgan fingerprint density at radius 3 is 2.23 bits per heavy atom. The first-order chi connectivity index (χ1) is 22.1. The third kappa shape index (κ3) is 4.29. The molecule has 7 nitrogen and oxygen atoms in total. The molecule has 0 aromatic heterocycles. The van der Waals surface area contributed by atoms with Crippen LogP contribution in [-0.2, 0) is 14.4 Å². The maximum absolute atomic E-state index is 13.8. The van der Waals surface area contributed by atoms with E-state index in [2.05, 4.69) is 57.0 Å². The Balaban J connectivity index is 1.04. The second kappa shape index (κ2) is 10.2. The number of amides is 2. The van der Waals surface area contributed by atoms with E-state index < -0.39 is 11.4 Å². The molecule has 0 aromatic carbocycles. The fourth-order valence-corrected chi connectivity index (χ4v) is 12.5. The SMILES string of the molecule is CC1=C(O)C(=O)C=C2C1=CC=C1[C@@]2(C)CC[C@@]2(C)C3C[C@](C)(NC(=O)C(=O)N4C5CCC4CC(N4CCC4)C5)CC[C@]3(C)CC[C@]12C. The van der Waals surface area contributed by atoms with Gasteiger partial charge in [-0.3, -0.25) is 14.4 Å². The Morgan fingerprint density at radius 1 is 0.894 bits per heavy atom. The fourth-order valence-electron chi connectivity index (χ4n) is 12.5. The van der Waals surface area contributed by atoms with E-state index >= 15 is 0 Å². The minimum Gasteiger partial charge on any atom is -0.504 e. The molecule has 3 saturated carbocycles. The van der Waals surface area contributed by atoms with Gasteiger partial charge in [-0.2, -0.15) is 0 Å². The lowest BCUT2D eigenvalue weighted by Gasteiger charge is -2.70. The molecule has 3 heterocycles. The van der Waals surface area contributed by atoms with Crippen LogP contribution in [0.1, 0.15) is 119 Å². The first kappa shape index (κ1) is 31.6. The summed E-state index contributed by atoms with van der Waals surface area (Å²) >= 11 is 0. The van der Waals surface area contributed by atoms with Crippen molar-refractivity contribution in [3.8, 4) is 0 Å². The number of nitrogens with zero attached hydrogens (tertiary/aromatic N) is 2. The molecular weight excluding hydrogens is 586 g/mol. The van der Waals surface area contributed by atoms with Crippen LogP contribution in [0.2, 0.25) is 0 Å². The normalized spacial score (nSPS) is 45.8. The van der Waals surface area contributed by atoms with Crippen molar-refractivity contribution in [3.63, 3.8) is 0 Å². The molecule has 8 aliphatic rings. The summed E-state index contributed by atoms with van der Waals surface area (Å²) in [7, 11) is 0. The molecule has 2 bridgehead atoms. The molecule has 3 unspecified atom stereocenters. The molecule has 2 N–H and O–H groups in total. The lowest BCUT2D eigenvalue weighted by atomic mass is 9.35. The third-order valence-electron chi connectivity index (χ3n) is 15.8. The Bertz CT molecular complexity index is 1570. The molecule has 3 aliphatic heterocycles. The zero-order valence-electron chi connectivity index (χ0n) is 29.5. The first-order valence-electron chi connectivity index (χ1n) is 18.6. The average Bonchev–Trinajstić information content (AvgIpc) is 3.26. The number of nitrogens with one attached hydrogen (secondary N) is 1. The monoisotopic (exact) mass is 641 g/mol. The molecular formula is C40H55N3O4. The maximum atomic E-state index is 13.8. The van der Waals surface area contributed by atoms with Gasteiger partial charge >= 0.3 is 11.8 Å². The predicted molar refractivity (Wildman–Crippen MR) is 182 cm³/mol. The first-order valence-corrected chi connectivity index (χ1v) is 18.6. The third-order valence-corrected chi connectivity index (χ3v) is 15.8. The smallest absolute Gasteiger partial charge is 0.312 e. The maximum Gasteiger partial charge on any atom is 0.312 e. The summed E-state index contributed by atoms with van der Waals surface area (Å²) in [4.78, 5) is 45.1. The zero-order valence-corrected chi connectivity index (χ0v) is 29.5. The Kier molecular flexibility index (Phi) is 6.84. The summed E-state index contributed by atoms with van der Waals surface area (Å²) in [6.45, 7) is 16.2. The molecule has 8 atom stereocenters. The summed E-state index contributed by atoms with van der Waals surface area (Å²) in [5.74, 6) is -0.735. The van der Waals surface area contributed by atoms with Crippen LogP contribution in [0.3, 0.4) is 0 Å². The topological polar surface area (TPSA) is 89.9 Å². The summed E-state index contributed by atoms with van der Waals surface area (Å²) in [5.41, 5.74) is 3.57. The van der Waals surface area contributed by atoms with E-state index in [1.54, 1.807) is 6.08 Å². The zero-order chi connectivity index (χ0) is 33.3. The number of ketones is 1. The highest BCUT2D eigenvalue weighted by atomic mass is 16.3. The Hall–Kier alpha value is -2.67. The van der Waals surface area contributed by atoms with Crippen molar-refractivity contribution in [1.82, 2.24) is 15.1 Å². The van der Waals surface area contributed by atoms with Crippen molar-refractivity contribution in [2.24, 2.45) is 27.6 Å². The number of carbonyl (C=O) groups is 3. The van der Waals surface area contributed by atoms with Crippen LogP contribution in [0.25, 0.3) is 0 Å². The fraction of sp³-hybridized carbons (Fsp3) is 0.725. The van der Waals surface area contributed by atoms with E-state index in [1.165, 1.54) is 25.1 Å². The van der Waals surface area contributed by atoms with Gasteiger partial charge in [0.25, 0.3) is 0 Å². The molecule has 47 heavy (non-hydrogen) atoms. The van der Waals surface area contributed by atoms with Gasteiger partial charge in [0.05, 0.1) is 0 Å². The number of hydrogen-bond acceptors (Lipinski definition) is 5. The van der Waals surface area contributed by atoms with Crippen LogP contribution in [0.5, 0.6) is 0 Å². The van der Waals surface area contributed by atoms with Crippen LogP contribution in [0, 0.1) is 27.6 Å². The molecule has 6 fully saturated rings. The number of likely N-dealkylation sites (tertiary alicyclic amines) is 1. The van der Waals surface area contributed by atoms with Gasteiger partial charge < -0.3 is 20.2 Å². The number of allylic oxidation sites excluding steroid dienone is 7. The number of carbonyl (C=O) groups excluding carboxylic acids is 3.